The van der Waals surface area contributed by atoms with Crippen LogP contribution in [-0.2, 0) is 0 Å². The maximum absolute atomic E-state index is 6.09. The van der Waals surface area contributed by atoms with Gasteiger partial charge in [0.2, 0.25) is 0 Å². The number of nitrogens with one attached hydrogen (secondary N) is 1. The second-order valence-electron chi connectivity index (χ2n) is 5.00. The van der Waals surface area contributed by atoms with Gasteiger partial charge in [-0.05, 0) is 38.8 Å². The fourth-order valence-corrected chi connectivity index (χ4v) is 2.66. The maximum atomic E-state index is 6.09. The van der Waals surface area contributed by atoms with Crippen LogP contribution in [-0.4, -0.2) is 12.6 Å². The van der Waals surface area contributed by atoms with E-state index in [1.807, 2.05) is 0 Å². The lowest BCUT2D eigenvalue weighted by Crippen LogP contribution is -2.31. The van der Waals surface area contributed by atoms with Crippen molar-refractivity contribution in [3.05, 3.63) is 28.8 Å². The van der Waals surface area contributed by atoms with Gasteiger partial charge < -0.3 is 10.1 Å². The summed E-state index contributed by atoms with van der Waals surface area (Å²) in [7, 11) is 0. The first-order valence-electron chi connectivity index (χ1n) is 6.68. The van der Waals surface area contributed by atoms with Crippen LogP contribution in [0.25, 0.3) is 0 Å². The number of hydrogen-bond donors (Lipinski definition) is 1. The Morgan fingerprint density at radius 1 is 1.24 bits per heavy atom. The molecule has 1 N–H and O–H groups in total. The highest BCUT2D eigenvalue weighted by Crippen LogP contribution is 2.40. The van der Waals surface area contributed by atoms with Crippen molar-refractivity contribution in [1.82, 2.24) is 5.32 Å². The van der Waals surface area contributed by atoms with Gasteiger partial charge in [0.15, 0.2) is 0 Å². The quantitative estimate of drug-likeness (QED) is 0.859. The van der Waals surface area contributed by atoms with Crippen LogP contribution >= 0.6 is 0 Å². The smallest absolute Gasteiger partial charge is 0.127 e. The fraction of sp³-hybridized carbons (Fsp3) is 0.600. The average molecular weight is 233 g/mol. The molecule has 94 valence electrons. The lowest BCUT2D eigenvalue weighted by atomic mass is 9.98. The van der Waals surface area contributed by atoms with Crippen LogP contribution in [0, 0.1) is 13.8 Å². The Hall–Kier alpha value is -1.02. The minimum atomic E-state index is 0.289. The summed E-state index contributed by atoms with van der Waals surface area (Å²) in [6.07, 6.45) is 2.50. The topological polar surface area (TPSA) is 21.3 Å². The molecule has 0 radical (unpaired) electrons. The van der Waals surface area contributed by atoms with E-state index in [0.717, 1.165) is 25.1 Å². The van der Waals surface area contributed by atoms with Crippen LogP contribution in [0.1, 0.15) is 49.4 Å². The Labute approximate surface area is 104 Å². The zero-order valence-corrected chi connectivity index (χ0v) is 11.3. The Bertz CT molecular complexity index is 400. The Balaban J connectivity index is 2.33. The van der Waals surface area contributed by atoms with Crippen molar-refractivity contribution in [2.45, 2.75) is 52.7 Å². The minimum absolute atomic E-state index is 0.289. The summed E-state index contributed by atoms with van der Waals surface area (Å²) in [4.78, 5) is 0. The van der Waals surface area contributed by atoms with Crippen LogP contribution in [0.4, 0.5) is 0 Å². The molecule has 1 heterocycles. The predicted molar refractivity (Wildman–Crippen MR) is 71.7 cm³/mol. The summed E-state index contributed by atoms with van der Waals surface area (Å²) in [5.74, 6) is 1.11. The van der Waals surface area contributed by atoms with Gasteiger partial charge in [-0.15, -0.1) is 0 Å². The van der Waals surface area contributed by atoms with Gasteiger partial charge in [0, 0.05) is 5.56 Å². The predicted octanol–water partition coefficient (Wildman–Crippen LogP) is 3.52. The second-order valence-corrected chi connectivity index (χ2v) is 5.00. The van der Waals surface area contributed by atoms with Crippen molar-refractivity contribution >= 4 is 0 Å². The summed E-state index contributed by atoms with van der Waals surface area (Å²) in [5, 5.41) is 3.62. The fourth-order valence-electron chi connectivity index (χ4n) is 2.66. The number of fused-ring (bicyclic) bond motifs is 1. The van der Waals surface area contributed by atoms with Crippen molar-refractivity contribution < 1.29 is 4.74 Å². The lowest BCUT2D eigenvalue weighted by molar-refractivity contribution is 0.184. The van der Waals surface area contributed by atoms with Gasteiger partial charge in [-0.1, -0.05) is 31.5 Å². The molecular weight excluding hydrogens is 210 g/mol. The lowest BCUT2D eigenvalue weighted by Gasteiger charge is -2.18. The van der Waals surface area contributed by atoms with Gasteiger partial charge in [-0.3, -0.25) is 0 Å². The van der Waals surface area contributed by atoms with E-state index < -0.39 is 0 Å². The van der Waals surface area contributed by atoms with E-state index in [-0.39, 0.29) is 6.10 Å². The molecule has 0 aliphatic carbocycles. The van der Waals surface area contributed by atoms with Crippen LogP contribution < -0.4 is 10.1 Å². The normalized spacial score (nSPS) is 22.4. The van der Waals surface area contributed by atoms with E-state index in [4.69, 9.17) is 4.74 Å². The first-order chi connectivity index (χ1) is 8.17. The number of benzene rings is 1. The summed E-state index contributed by atoms with van der Waals surface area (Å²) in [6, 6.07) is 4.84. The van der Waals surface area contributed by atoms with Crippen molar-refractivity contribution in [3.8, 4) is 5.75 Å². The molecule has 0 aromatic heterocycles. The van der Waals surface area contributed by atoms with Gasteiger partial charge in [0.1, 0.15) is 11.9 Å². The molecule has 2 atom stereocenters. The third-order valence-corrected chi connectivity index (χ3v) is 3.44. The SMILES string of the molecule is CCCNC1c2cc(C)cc(C)c2OC1CC. The molecule has 1 aliphatic heterocycles. The second kappa shape index (κ2) is 5.09. The average Bonchev–Trinajstić information content (AvgIpc) is 2.64. The van der Waals surface area contributed by atoms with Gasteiger partial charge in [-0.25, -0.2) is 0 Å². The minimum Gasteiger partial charge on any atom is -0.488 e. The van der Waals surface area contributed by atoms with E-state index in [1.54, 1.807) is 0 Å². The third kappa shape index (κ3) is 2.32. The number of ether oxygens (including phenoxy) is 1. The monoisotopic (exact) mass is 233 g/mol. The zero-order chi connectivity index (χ0) is 12.4. The Morgan fingerprint density at radius 3 is 2.65 bits per heavy atom. The van der Waals surface area contributed by atoms with E-state index in [1.165, 1.54) is 16.7 Å². The third-order valence-electron chi connectivity index (χ3n) is 3.44. The Morgan fingerprint density at radius 2 is 2.00 bits per heavy atom. The molecule has 0 saturated carbocycles. The molecule has 2 rings (SSSR count). The molecule has 0 fully saturated rings. The van der Waals surface area contributed by atoms with Crippen LogP contribution in [0.2, 0.25) is 0 Å². The van der Waals surface area contributed by atoms with Crippen LogP contribution in [0.3, 0.4) is 0 Å². The van der Waals surface area contributed by atoms with E-state index >= 15 is 0 Å². The molecule has 0 bridgehead atoms. The van der Waals surface area contributed by atoms with Gasteiger partial charge >= 0.3 is 0 Å². The van der Waals surface area contributed by atoms with Crippen LogP contribution in [0.15, 0.2) is 12.1 Å². The molecule has 2 heteroatoms. The standard InChI is InChI=1S/C15H23NO/c1-5-7-16-14-12-9-10(3)8-11(4)15(12)17-13(14)6-2/h8-9,13-14,16H,5-7H2,1-4H3. The van der Waals surface area contributed by atoms with E-state index in [9.17, 15) is 0 Å². The summed E-state index contributed by atoms with van der Waals surface area (Å²) < 4.78 is 6.09. The highest BCUT2D eigenvalue weighted by Gasteiger charge is 2.33. The number of rotatable bonds is 4. The van der Waals surface area contributed by atoms with E-state index in [0.29, 0.717) is 6.04 Å². The highest BCUT2D eigenvalue weighted by molar-refractivity contribution is 5.48. The Kier molecular flexibility index (Phi) is 3.72. The van der Waals surface area contributed by atoms with Gasteiger partial charge in [0.05, 0.1) is 6.04 Å². The molecule has 1 aromatic carbocycles. The van der Waals surface area contributed by atoms with E-state index in [2.05, 4.69) is 45.1 Å². The number of hydrogen-bond acceptors (Lipinski definition) is 2. The highest BCUT2D eigenvalue weighted by atomic mass is 16.5. The number of aryl methyl sites for hydroxylation is 2. The van der Waals surface area contributed by atoms with Crippen molar-refractivity contribution in [2.24, 2.45) is 0 Å². The summed E-state index contributed by atoms with van der Waals surface area (Å²) >= 11 is 0. The molecule has 0 spiro atoms. The summed E-state index contributed by atoms with van der Waals surface area (Å²) in [5.41, 5.74) is 3.94. The molecule has 2 unspecified atom stereocenters. The first-order valence-corrected chi connectivity index (χ1v) is 6.68. The molecule has 1 aliphatic rings. The molecular formula is C15H23NO. The molecule has 0 amide bonds. The van der Waals surface area contributed by atoms with Crippen molar-refractivity contribution in [1.29, 1.82) is 0 Å². The van der Waals surface area contributed by atoms with Gasteiger partial charge in [0.25, 0.3) is 0 Å². The molecule has 2 nitrogen and oxygen atoms in total. The molecule has 1 aromatic rings. The van der Waals surface area contributed by atoms with Crippen LogP contribution in [0.5, 0.6) is 5.75 Å². The van der Waals surface area contributed by atoms with Gasteiger partial charge in [-0.2, -0.15) is 0 Å². The van der Waals surface area contributed by atoms with Crippen molar-refractivity contribution in [2.75, 3.05) is 6.54 Å². The zero-order valence-electron chi connectivity index (χ0n) is 11.3. The maximum Gasteiger partial charge on any atom is 0.127 e. The summed E-state index contributed by atoms with van der Waals surface area (Å²) in [6.45, 7) is 9.74. The van der Waals surface area contributed by atoms with Crippen molar-refractivity contribution in [3.63, 3.8) is 0 Å². The largest absolute Gasteiger partial charge is 0.488 e. The molecule has 17 heavy (non-hydrogen) atoms. The molecule has 0 saturated heterocycles. The first kappa shape index (κ1) is 12.4.